The van der Waals surface area contributed by atoms with Gasteiger partial charge in [-0.15, -0.1) is 0 Å². The summed E-state index contributed by atoms with van der Waals surface area (Å²) in [7, 11) is 0. The molecule has 2 aromatic heterocycles. The molecule has 0 aliphatic heterocycles. The molecule has 0 bridgehead atoms. The van der Waals surface area contributed by atoms with E-state index in [1.54, 1.807) is 43.3 Å². The van der Waals surface area contributed by atoms with Gasteiger partial charge in [0.25, 0.3) is 5.56 Å². The zero-order valence-corrected chi connectivity index (χ0v) is 19.2. The van der Waals surface area contributed by atoms with E-state index in [2.05, 4.69) is 4.98 Å². The summed E-state index contributed by atoms with van der Waals surface area (Å²) in [5.74, 6) is -0.550. The number of carbonyl (C=O) groups is 2. The Morgan fingerprint density at radius 1 is 1.06 bits per heavy atom. The van der Waals surface area contributed by atoms with Crippen LogP contribution in [0, 0.1) is 6.92 Å². The number of aromatic nitrogens is 3. The smallest absolute Gasteiger partial charge is 0.304 e. The summed E-state index contributed by atoms with van der Waals surface area (Å²) in [5, 5.41) is 1.06. The fourth-order valence-electron chi connectivity index (χ4n) is 3.78. The number of ketones is 1. The van der Waals surface area contributed by atoms with Gasteiger partial charge in [-0.2, -0.15) is 0 Å². The number of fused-ring (bicyclic) bond motifs is 1. The van der Waals surface area contributed by atoms with Gasteiger partial charge in [0, 0.05) is 35.8 Å². The Morgan fingerprint density at radius 3 is 2.27 bits per heavy atom. The highest BCUT2D eigenvalue weighted by Gasteiger charge is 2.17. The van der Waals surface area contributed by atoms with Gasteiger partial charge in [0.15, 0.2) is 12.0 Å². The van der Waals surface area contributed by atoms with Crippen LogP contribution in [0.2, 0.25) is 5.02 Å². The van der Waals surface area contributed by atoms with Crippen molar-refractivity contribution in [2.24, 2.45) is 0 Å². The lowest BCUT2D eigenvalue weighted by Gasteiger charge is -2.14. The number of halogens is 1. The van der Waals surface area contributed by atoms with Crippen LogP contribution in [0.3, 0.4) is 0 Å². The van der Waals surface area contributed by atoms with Crippen molar-refractivity contribution in [3.63, 3.8) is 0 Å². The zero-order chi connectivity index (χ0) is 23.7. The van der Waals surface area contributed by atoms with Crippen LogP contribution in [-0.4, -0.2) is 25.9 Å². The van der Waals surface area contributed by atoms with Gasteiger partial charge in [0.1, 0.15) is 12.0 Å². The van der Waals surface area contributed by atoms with Crippen LogP contribution < -0.4 is 5.56 Å². The van der Waals surface area contributed by atoms with Gasteiger partial charge in [0.2, 0.25) is 0 Å². The van der Waals surface area contributed by atoms with Gasteiger partial charge in [-0.3, -0.25) is 19.0 Å². The summed E-state index contributed by atoms with van der Waals surface area (Å²) in [5.41, 5.74) is 3.16. The Hall–Kier alpha value is -3.71. The molecule has 0 N–H and O–H groups in total. The Kier molecular flexibility index (Phi) is 6.16. The van der Waals surface area contributed by atoms with Gasteiger partial charge in [-0.1, -0.05) is 35.9 Å². The van der Waals surface area contributed by atoms with E-state index in [-0.39, 0.29) is 11.3 Å². The Bertz CT molecular complexity index is 1400. The molecule has 1 atom stereocenters. The molecule has 0 saturated heterocycles. The van der Waals surface area contributed by atoms with Gasteiger partial charge in [0.05, 0.1) is 5.39 Å². The van der Waals surface area contributed by atoms with Crippen LogP contribution in [0.15, 0.2) is 65.8 Å². The van der Waals surface area contributed by atoms with Crippen molar-refractivity contribution in [1.82, 2.24) is 14.1 Å². The van der Waals surface area contributed by atoms with E-state index in [0.717, 1.165) is 11.1 Å². The average Bonchev–Trinajstić information content (AvgIpc) is 3.10. The van der Waals surface area contributed by atoms with E-state index in [1.165, 1.54) is 17.8 Å². The fraction of sp³-hybridized carbons (Fsp3) is 0.200. The lowest BCUT2D eigenvalue weighted by Crippen LogP contribution is -2.26. The molecule has 1 unspecified atom stereocenters. The molecule has 0 aliphatic rings. The highest BCUT2D eigenvalue weighted by molar-refractivity contribution is 6.30. The van der Waals surface area contributed by atoms with E-state index >= 15 is 0 Å². The first-order valence-corrected chi connectivity index (χ1v) is 10.8. The van der Waals surface area contributed by atoms with Crippen molar-refractivity contribution < 1.29 is 14.3 Å². The van der Waals surface area contributed by atoms with Gasteiger partial charge in [-0.05, 0) is 49.2 Å². The van der Waals surface area contributed by atoms with Crippen LogP contribution in [0.5, 0.6) is 0 Å². The largest absolute Gasteiger partial charge is 0.442 e. The molecule has 0 aliphatic carbocycles. The van der Waals surface area contributed by atoms with Crippen LogP contribution >= 0.6 is 11.6 Å². The minimum Gasteiger partial charge on any atom is -0.442 e. The first-order chi connectivity index (χ1) is 15.7. The molecule has 4 aromatic rings. The first kappa shape index (κ1) is 22.5. The Balaban J connectivity index is 1.59. The van der Waals surface area contributed by atoms with Crippen molar-refractivity contribution in [2.75, 3.05) is 0 Å². The topological polar surface area (TPSA) is 83.2 Å². The zero-order valence-electron chi connectivity index (χ0n) is 18.4. The van der Waals surface area contributed by atoms with Crippen LogP contribution in [0.4, 0.5) is 0 Å². The summed E-state index contributed by atoms with van der Waals surface area (Å²) in [6.45, 7) is 5.24. The maximum Gasteiger partial charge on any atom is 0.304 e. The molecule has 0 saturated carbocycles. The molecular weight excluding hydrogens is 442 g/mol. The lowest BCUT2D eigenvalue weighted by molar-refractivity contribution is -0.149. The van der Waals surface area contributed by atoms with Crippen molar-refractivity contribution in [1.29, 1.82) is 0 Å². The fourth-order valence-corrected chi connectivity index (χ4v) is 3.91. The van der Waals surface area contributed by atoms with Crippen LogP contribution in [0.25, 0.3) is 11.0 Å². The minimum absolute atomic E-state index is 0.0791. The van der Waals surface area contributed by atoms with Gasteiger partial charge < -0.3 is 9.30 Å². The second-order valence-electron chi connectivity index (χ2n) is 7.84. The predicted octanol–water partition coefficient (Wildman–Crippen LogP) is 4.52. The van der Waals surface area contributed by atoms with E-state index < -0.39 is 12.2 Å². The van der Waals surface area contributed by atoms with Crippen molar-refractivity contribution in [2.45, 2.75) is 33.5 Å². The number of nitrogens with zero attached hydrogens (tertiary/aromatic N) is 3. The molecule has 7 nitrogen and oxygen atoms in total. The molecule has 4 rings (SSSR count). The molecule has 0 radical (unpaired) electrons. The van der Waals surface area contributed by atoms with Gasteiger partial charge >= 0.3 is 5.97 Å². The van der Waals surface area contributed by atoms with E-state index in [9.17, 15) is 14.4 Å². The Labute approximate surface area is 195 Å². The number of rotatable bonds is 6. The SMILES string of the molecule is CC(=O)OC(C)n1cnc2c(c(C)cn2Cc2ccc(C(=O)c3ccc(Cl)cc3)cc2)c1=O. The highest BCUT2D eigenvalue weighted by atomic mass is 35.5. The number of aryl methyl sites for hydroxylation is 1. The number of ether oxygens (including phenoxy) is 1. The Morgan fingerprint density at radius 2 is 1.67 bits per heavy atom. The maximum absolute atomic E-state index is 13.0. The second-order valence-corrected chi connectivity index (χ2v) is 8.27. The quantitative estimate of drug-likeness (QED) is 0.310. The van der Waals surface area contributed by atoms with Crippen LogP contribution in [0.1, 0.15) is 47.1 Å². The van der Waals surface area contributed by atoms with Crippen molar-refractivity contribution in [3.05, 3.63) is 98.7 Å². The molecule has 0 spiro atoms. The predicted molar refractivity (Wildman–Crippen MR) is 126 cm³/mol. The third kappa shape index (κ3) is 4.59. The maximum atomic E-state index is 13.0. The molecule has 0 fully saturated rings. The molecule has 168 valence electrons. The summed E-state index contributed by atoms with van der Waals surface area (Å²) in [4.78, 5) is 41.4. The third-order valence-electron chi connectivity index (χ3n) is 5.40. The lowest BCUT2D eigenvalue weighted by atomic mass is 10.0. The third-order valence-corrected chi connectivity index (χ3v) is 5.65. The van der Waals surface area contributed by atoms with E-state index in [0.29, 0.717) is 33.7 Å². The van der Waals surface area contributed by atoms with Gasteiger partial charge in [-0.25, -0.2) is 4.98 Å². The molecule has 2 heterocycles. The van der Waals surface area contributed by atoms with Crippen molar-refractivity contribution >= 4 is 34.4 Å². The summed E-state index contributed by atoms with van der Waals surface area (Å²) < 4.78 is 8.32. The van der Waals surface area contributed by atoms with E-state index in [4.69, 9.17) is 16.3 Å². The summed E-state index contributed by atoms with van der Waals surface area (Å²) in [6, 6.07) is 14.1. The minimum atomic E-state index is -0.750. The van der Waals surface area contributed by atoms with Crippen LogP contribution in [-0.2, 0) is 16.1 Å². The number of carbonyl (C=O) groups excluding carboxylic acids is 2. The number of benzene rings is 2. The monoisotopic (exact) mass is 463 g/mol. The molecule has 2 aromatic carbocycles. The summed E-state index contributed by atoms with van der Waals surface area (Å²) >= 11 is 5.90. The van der Waals surface area contributed by atoms with E-state index in [1.807, 2.05) is 29.8 Å². The number of esters is 1. The second kappa shape index (κ2) is 9.03. The number of hydrogen-bond donors (Lipinski definition) is 0. The average molecular weight is 464 g/mol. The highest BCUT2D eigenvalue weighted by Crippen LogP contribution is 2.19. The summed E-state index contributed by atoms with van der Waals surface area (Å²) in [6.07, 6.45) is 2.51. The van der Waals surface area contributed by atoms with Crippen molar-refractivity contribution in [3.8, 4) is 0 Å². The molecular formula is C25H22ClN3O4. The molecule has 8 heteroatoms. The molecule has 33 heavy (non-hydrogen) atoms. The molecule has 0 amide bonds. The normalized spacial score (nSPS) is 12.0. The first-order valence-electron chi connectivity index (χ1n) is 10.4. The number of hydrogen-bond acceptors (Lipinski definition) is 5. The standard InChI is InChI=1S/C25H22ClN3O4/c1-15-12-28(24-22(15)25(32)29(14-27-24)16(2)33-17(3)30)13-18-4-6-19(7-5-18)23(31)20-8-10-21(26)11-9-20/h4-12,14,16H,13H2,1-3H3.